The number of esters is 1. The Morgan fingerprint density at radius 2 is 1.82 bits per heavy atom. The van der Waals surface area contributed by atoms with Crippen LogP contribution >= 0.6 is 0 Å². The molecule has 2 fully saturated rings. The van der Waals surface area contributed by atoms with Gasteiger partial charge in [-0.3, -0.25) is 4.98 Å². The number of aliphatic hydroxyl groups is 1. The van der Waals surface area contributed by atoms with Gasteiger partial charge in [-0.15, -0.1) is 0 Å². The molecule has 1 aromatic carbocycles. The van der Waals surface area contributed by atoms with Crippen LogP contribution in [-0.4, -0.2) is 53.3 Å². The number of benzene rings is 1. The predicted octanol–water partition coefficient (Wildman–Crippen LogP) is 4.63. The maximum absolute atomic E-state index is 13.4. The molecule has 1 saturated heterocycles. The van der Waals surface area contributed by atoms with Gasteiger partial charge in [-0.25, -0.2) is 4.79 Å². The van der Waals surface area contributed by atoms with E-state index in [0.717, 1.165) is 74.6 Å². The molecule has 5 nitrogen and oxygen atoms in total. The van der Waals surface area contributed by atoms with Gasteiger partial charge in [0.15, 0.2) is 5.60 Å². The third-order valence-corrected chi connectivity index (χ3v) is 8.04. The topological polar surface area (TPSA) is 59.4 Å². The van der Waals surface area contributed by atoms with Crippen molar-refractivity contribution in [1.82, 2.24) is 4.98 Å². The number of aryl methyl sites for hydroxylation is 1. The summed E-state index contributed by atoms with van der Waals surface area (Å²) < 4.78 is 6.87. The van der Waals surface area contributed by atoms with E-state index >= 15 is 0 Å². The highest BCUT2D eigenvalue weighted by Crippen LogP contribution is 2.40. The largest absolute Gasteiger partial charge is 0.457 e. The molecule has 2 heterocycles. The van der Waals surface area contributed by atoms with E-state index < -0.39 is 11.6 Å². The average molecular weight is 452 g/mol. The molecule has 1 aliphatic carbocycles. The monoisotopic (exact) mass is 451 g/mol. The molecule has 1 aliphatic heterocycles. The Balaban J connectivity index is 1.39. The molecule has 178 valence electrons. The van der Waals surface area contributed by atoms with Crippen LogP contribution in [0.25, 0.3) is 0 Å². The van der Waals surface area contributed by atoms with Gasteiger partial charge in [0.05, 0.1) is 20.1 Å². The van der Waals surface area contributed by atoms with Crippen LogP contribution < -0.4 is 0 Å². The van der Waals surface area contributed by atoms with Crippen LogP contribution in [0, 0.1) is 5.92 Å². The van der Waals surface area contributed by atoms with Gasteiger partial charge in [0, 0.05) is 37.1 Å². The van der Waals surface area contributed by atoms with Crippen LogP contribution in [0.5, 0.6) is 0 Å². The van der Waals surface area contributed by atoms with Crippen LogP contribution in [-0.2, 0) is 21.6 Å². The van der Waals surface area contributed by atoms with E-state index in [1.165, 1.54) is 6.42 Å². The first kappa shape index (κ1) is 23.9. The van der Waals surface area contributed by atoms with Crippen molar-refractivity contribution in [3.05, 3.63) is 66.0 Å². The summed E-state index contributed by atoms with van der Waals surface area (Å²) in [4.78, 5) is 17.9. The SMILES string of the molecule is C[N+]1(CCCc2ccccn2)CCC[C@@H]1COC(=O)C(O)(c1ccccc1)C1CCCCC1. The van der Waals surface area contributed by atoms with Crippen LogP contribution in [0.15, 0.2) is 54.7 Å². The van der Waals surface area contributed by atoms with Crippen molar-refractivity contribution in [3.63, 3.8) is 0 Å². The first-order valence-corrected chi connectivity index (χ1v) is 12.7. The van der Waals surface area contributed by atoms with E-state index in [4.69, 9.17) is 4.74 Å². The third kappa shape index (κ3) is 5.47. The number of likely N-dealkylation sites (N-methyl/N-ethyl adjacent to an activating group) is 1. The van der Waals surface area contributed by atoms with Gasteiger partial charge in [0.1, 0.15) is 12.6 Å². The first-order valence-electron chi connectivity index (χ1n) is 12.7. The summed E-state index contributed by atoms with van der Waals surface area (Å²) in [5, 5.41) is 11.8. The van der Waals surface area contributed by atoms with Crippen molar-refractivity contribution >= 4 is 5.97 Å². The molecule has 2 aromatic rings. The molecule has 1 saturated carbocycles. The van der Waals surface area contributed by atoms with Crippen molar-refractivity contribution in [2.24, 2.45) is 5.92 Å². The zero-order valence-corrected chi connectivity index (χ0v) is 20.0. The summed E-state index contributed by atoms with van der Waals surface area (Å²) in [6.45, 7) is 2.53. The molecule has 0 bridgehead atoms. The van der Waals surface area contributed by atoms with Gasteiger partial charge in [0.25, 0.3) is 0 Å². The molecular formula is C28H39N2O3+. The molecule has 1 N–H and O–H groups in total. The Kier molecular flexibility index (Phi) is 7.82. The highest BCUT2D eigenvalue weighted by molar-refractivity contribution is 5.81. The summed E-state index contributed by atoms with van der Waals surface area (Å²) in [5.74, 6) is -0.545. The number of likely N-dealkylation sites (tertiary alicyclic amines) is 1. The lowest BCUT2D eigenvalue weighted by Crippen LogP contribution is -2.52. The normalized spacial score (nSPS) is 25.5. The molecule has 1 aromatic heterocycles. The lowest BCUT2D eigenvalue weighted by Gasteiger charge is -2.39. The molecule has 0 amide bonds. The third-order valence-electron chi connectivity index (χ3n) is 8.04. The second-order valence-corrected chi connectivity index (χ2v) is 10.2. The highest BCUT2D eigenvalue weighted by atomic mass is 16.6. The fraction of sp³-hybridized carbons (Fsp3) is 0.571. The molecule has 4 rings (SSSR count). The van der Waals surface area contributed by atoms with Crippen molar-refractivity contribution in [1.29, 1.82) is 0 Å². The van der Waals surface area contributed by atoms with Gasteiger partial charge in [-0.05, 0) is 37.0 Å². The maximum Gasteiger partial charge on any atom is 0.343 e. The average Bonchev–Trinajstić information content (AvgIpc) is 3.23. The van der Waals surface area contributed by atoms with Crippen molar-refractivity contribution in [3.8, 4) is 0 Å². The Bertz CT molecular complexity index is 885. The summed E-state index contributed by atoms with van der Waals surface area (Å²) in [7, 11) is 2.29. The van der Waals surface area contributed by atoms with Gasteiger partial charge >= 0.3 is 5.97 Å². The Labute approximate surface area is 198 Å². The summed E-state index contributed by atoms with van der Waals surface area (Å²) >= 11 is 0. The Morgan fingerprint density at radius 3 is 2.55 bits per heavy atom. The zero-order chi connectivity index (χ0) is 23.2. The predicted molar refractivity (Wildman–Crippen MR) is 129 cm³/mol. The number of carbonyl (C=O) groups is 1. The minimum Gasteiger partial charge on any atom is -0.457 e. The van der Waals surface area contributed by atoms with Gasteiger partial charge in [0.2, 0.25) is 0 Å². The maximum atomic E-state index is 13.4. The zero-order valence-electron chi connectivity index (χ0n) is 20.0. The van der Waals surface area contributed by atoms with Crippen LogP contribution in [0.1, 0.15) is 62.6 Å². The molecule has 2 unspecified atom stereocenters. The lowest BCUT2D eigenvalue weighted by molar-refractivity contribution is -0.921. The number of ether oxygens (including phenoxy) is 1. The summed E-state index contributed by atoms with van der Waals surface area (Å²) in [6.07, 6.45) is 11.1. The number of hydrogen-bond acceptors (Lipinski definition) is 4. The van der Waals surface area contributed by atoms with Crippen molar-refractivity contribution < 1.29 is 19.1 Å². The van der Waals surface area contributed by atoms with E-state index in [1.807, 2.05) is 48.7 Å². The van der Waals surface area contributed by atoms with E-state index in [0.29, 0.717) is 12.2 Å². The number of quaternary nitrogens is 1. The number of aromatic nitrogens is 1. The minimum absolute atomic E-state index is 0.0797. The smallest absolute Gasteiger partial charge is 0.343 e. The molecular weight excluding hydrogens is 412 g/mol. The number of rotatable bonds is 9. The summed E-state index contributed by atoms with van der Waals surface area (Å²) in [6, 6.07) is 15.8. The van der Waals surface area contributed by atoms with Crippen LogP contribution in [0.3, 0.4) is 0 Å². The highest BCUT2D eigenvalue weighted by Gasteiger charge is 2.48. The van der Waals surface area contributed by atoms with Crippen LogP contribution in [0.4, 0.5) is 0 Å². The molecule has 5 heteroatoms. The molecule has 0 spiro atoms. The number of pyridine rings is 1. The number of carbonyl (C=O) groups excluding carboxylic acids is 1. The van der Waals surface area contributed by atoms with E-state index in [2.05, 4.69) is 18.1 Å². The van der Waals surface area contributed by atoms with Gasteiger partial charge in [-0.2, -0.15) is 0 Å². The van der Waals surface area contributed by atoms with E-state index in [9.17, 15) is 9.90 Å². The first-order chi connectivity index (χ1) is 16.0. The van der Waals surface area contributed by atoms with Crippen molar-refractivity contribution in [2.75, 3.05) is 26.7 Å². The van der Waals surface area contributed by atoms with E-state index in [-0.39, 0.29) is 12.0 Å². The molecule has 33 heavy (non-hydrogen) atoms. The second-order valence-electron chi connectivity index (χ2n) is 10.2. The number of hydrogen-bond donors (Lipinski definition) is 1. The van der Waals surface area contributed by atoms with Crippen LogP contribution in [0.2, 0.25) is 0 Å². The standard InChI is InChI=1S/C28H39N2O3/c1-30(20-10-17-25-16-8-9-19-29-25)21-11-18-26(30)22-33-27(31)28(32,23-12-4-2-5-13-23)24-14-6-3-7-15-24/h2,4-5,8-9,12-13,16,19,24,26,32H,3,6-7,10-11,14-15,17-18,20-22H2,1H3/q+1/t26-,28?,30?/m1/s1. The lowest BCUT2D eigenvalue weighted by atomic mass is 9.73. The summed E-state index contributed by atoms with van der Waals surface area (Å²) in [5.41, 5.74) is 0.246. The fourth-order valence-electron chi connectivity index (χ4n) is 5.92. The Morgan fingerprint density at radius 1 is 1.06 bits per heavy atom. The van der Waals surface area contributed by atoms with Crippen molar-refractivity contribution in [2.45, 2.75) is 69.4 Å². The molecule has 2 aliphatic rings. The van der Waals surface area contributed by atoms with Gasteiger partial charge < -0.3 is 14.3 Å². The van der Waals surface area contributed by atoms with E-state index in [1.54, 1.807) is 0 Å². The fourth-order valence-corrected chi connectivity index (χ4v) is 5.92. The number of nitrogens with zero attached hydrogens (tertiary/aromatic N) is 2. The minimum atomic E-state index is -1.55. The second kappa shape index (κ2) is 10.8. The molecule has 3 atom stereocenters. The van der Waals surface area contributed by atoms with Gasteiger partial charge in [-0.1, -0.05) is 55.7 Å². The Hall–Kier alpha value is -2.24. The quantitative estimate of drug-likeness (QED) is 0.446. The molecule has 0 radical (unpaired) electrons.